The van der Waals surface area contributed by atoms with Gasteiger partial charge in [-0.2, -0.15) is 21.6 Å². The predicted octanol–water partition coefficient (Wildman–Crippen LogP) is 6.11. The van der Waals surface area contributed by atoms with Crippen LogP contribution in [0.5, 0.6) is 0 Å². The number of benzene rings is 1. The molecule has 2 aliphatic rings. The van der Waals surface area contributed by atoms with Crippen molar-refractivity contribution in [3.8, 4) is 0 Å². The summed E-state index contributed by atoms with van der Waals surface area (Å²) in [6.45, 7) is 13.8. The van der Waals surface area contributed by atoms with Gasteiger partial charge in [-0.05, 0) is 72.6 Å². The molecule has 15 heteroatoms. The fourth-order valence-corrected chi connectivity index (χ4v) is 6.80. The van der Waals surface area contributed by atoms with Gasteiger partial charge in [0.25, 0.3) is 21.9 Å². The summed E-state index contributed by atoms with van der Waals surface area (Å²) in [7, 11) is -4.53. The van der Waals surface area contributed by atoms with Gasteiger partial charge in [0.1, 0.15) is 11.3 Å². The van der Waals surface area contributed by atoms with E-state index in [0.29, 0.717) is 42.4 Å². The molecule has 1 aromatic carbocycles. The maximum Gasteiger partial charge on any atom is 0.417 e. The standard InChI is InChI=1S/C27H28F3NO9S.C6H15N/c1-26(2)13-15(14-41(36,37)38)16-10-18-20(27(28,29)30)12-25(35)39-21(18)11-17(16)19(26)6-4-3-5-7-24(34)40-31-22(32)8-9-23(31)33;1-4-7(5-2)6-3/h10-13,19H,3-9,14H2,1-2H3,(H,36,37,38);4-6H2,1-3H3. The number of carbonyl (C=O) groups is 3. The number of imide groups is 1. The molecule has 0 spiro atoms. The van der Waals surface area contributed by atoms with Gasteiger partial charge in [0.2, 0.25) is 0 Å². The molecule has 0 saturated carbocycles. The Bertz CT molecular complexity index is 1690. The van der Waals surface area contributed by atoms with Crippen molar-refractivity contribution in [2.45, 2.75) is 91.7 Å². The third kappa shape index (κ3) is 9.98. The van der Waals surface area contributed by atoms with E-state index in [1.165, 1.54) is 25.7 Å². The lowest BCUT2D eigenvalue weighted by molar-refractivity contribution is -0.197. The quantitative estimate of drug-likeness (QED) is 0.119. The van der Waals surface area contributed by atoms with E-state index in [2.05, 4.69) is 25.7 Å². The molecule has 2 amide bonds. The molecule has 0 radical (unpaired) electrons. The summed E-state index contributed by atoms with van der Waals surface area (Å²) >= 11 is 0. The normalized spacial score (nSPS) is 17.7. The van der Waals surface area contributed by atoms with Gasteiger partial charge < -0.3 is 14.2 Å². The first-order chi connectivity index (χ1) is 22.3. The molecular weight excluding hydrogens is 657 g/mol. The number of hydroxylamine groups is 2. The number of amides is 2. The highest BCUT2D eigenvalue weighted by molar-refractivity contribution is 7.86. The smallest absolute Gasteiger partial charge is 0.417 e. The molecule has 2 heterocycles. The first-order valence-corrected chi connectivity index (χ1v) is 17.6. The molecule has 48 heavy (non-hydrogen) atoms. The monoisotopic (exact) mass is 700 g/mol. The SMILES string of the molecule is CC1(C)C=C(CS(=O)(=O)O)c2cc3c(C(F)(F)F)cc(=O)oc3cc2C1CCCCCC(=O)ON1C(=O)CCC1=O.CCN(CC)CC. The molecular formula is C33H43F3N2O9S. The Balaban J connectivity index is 0.000000804. The lowest BCUT2D eigenvalue weighted by Gasteiger charge is -2.39. The van der Waals surface area contributed by atoms with E-state index in [4.69, 9.17) is 9.25 Å². The molecule has 11 nitrogen and oxygen atoms in total. The van der Waals surface area contributed by atoms with E-state index < -0.39 is 61.8 Å². The van der Waals surface area contributed by atoms with Crippen molar-refractivity contribution in [3.63, 3.8) is 0 Å². The molecule has 1 aliphatic heterocycles. The minimum atomic E-state index is -4.88. The van der Waals surface area contributed by atoms with Crippen molar-refractivity contribution in [3.05, 3.63) is 51.4 Å². The summed E-state index contributed by atoms with van der Waals surface area (Å²) in [6, 6.07) is 2.81. The zero-order chi connectivity index (χ0) is 36.0. The second-order valence-electron chi connectivity index (χ2n) is 12.4. The van der Waals surface area contributed by atoms with Crippen LogP contribution < -0.4 is 5.63 Å². The predicted molar refractivity (Wildman–Crippen MR) is 172 cm³/mol. The number of rotatable bonds is 12. The number of halogens is 3. The van der Waals surface area contributed by atoms with E-state index in [9.17, 15) is 45.3 Å². The zero-order valence-corrected chi connectivity index (χ0v) is 28.6. The van der Waals surface area contributed by atoms with Crippen LogP contribution in [0.15, 0.2) is 33.5 Å². The molecule has 266 valence electrons. The van der Waals surface area contributed by atoms with Crippen molar-refractivity contribution >= 4 is 44.4 Å². The van der Waals surface area contributed by atoms with Crippen LogP contribution >= 0.6 is 0 Å². The maximum atomic E-state index is 13.7. The molecule has 0 bridgehead atoms. The van der Waals surface area contributed by atoms with Crippen molar-refractivity contribution in [1.82, 2.24) is 9.96 Å². The number of carbonyl (C=O) groups excluding carboxylic acids is 3. The van der Waals surface area contributed by atoms with Crippen LogP contribution in [0.25, 0.3) is 16.5 Å². The Kier molecular flexibility index (Phi) is 12.8. The molecule has 1 aliphatic carbocycles. The van der Waals surface area contributed by atoms with Gasteiger partial charge in [-0.15, -0.1) is 5.06 Å². The molecule has 4 rings (SSSR count). The summed E-state index contributed by atoms with van der Waals surface area (Å²) in [4.78, 5) is 54.4. The Morgan fingerprint density at radius 2 is 1.62 bits per heavy atom. The first kappa shape index (κ1) is 38.9. The van der Waals surface area contributed by atoms with Crippen LogP contribution in [-0.4, -0.2) is 66.1 Å². The second-order valence-corrected chi connectivity index (χ2v) is 13.9. The number of fused-ring (bicyclic) bond motifs is 2. The summed E-state index contributed by atoms with van der Waals surface area (Å²) in [5.41, 5.74) is -2.63. The molecule has 1 fully saturated rings. The zero-order valence-electron chi connectivity index (χ0n) is 27.8. The van der Waals surface area contributed by atoms with Crippen LogP contribution in [0.3, 0.4) is 0 Å². The van der Waals surface area contributed by atoms with Gasteiger partial charge in [0.05, 0.1) is 5.56 Å². The van der Waals surface area contributed by atoms with Gasteiger partial charge in [-0.3, -0.25) is 14.1 Å². The number of nitrogens with zero attached hydrogens (tertiary/aromatic N) is 2. The van der Waals surface area contributed by atoms with Crippen molar-refractivity contribution in [2.75, 3.05) is 25.4 Å². The Labute approximate surface area is 277 Å². The molecule has 1 saturated heterocycles. The van der Waals surface area contributed by atoms with Gasteiger partial charge in [-0.1, -0.05) is 53.5 Å². The third-order valence-corrected chi connectivity index (χ3v) is 9.31. The molecule has 2 aromatic rings. The summed E-state index contributed by atoms with van der Waals surface area (Å²) in [6.07, 6.45) is -1.40. The minimum absolute atomic E-state index is 0.0125. The average Bonchev–Trinajstić information content (AvgIpc) is 3.29. The number of hydrogen-bond donors (Lipinski definition) is 1. The summed E-state index contributed by atoms with van der Waals surface area (Å²) in [5.74, 6) is -3.04. The van der Waals surface area contributed by atoms with Crippen LogP contribution in [0.1, 0.15) is 102 Å². The number of hydrogen-bond acceptors (Lipinski definition) is 9. The van der Waals surface area contributed by atoms with Crippen molar-refractivity contribution in [2.24, 2.45) is 5.41 Å². The summed E-state index contributed by atoms with van der Waals surface area (Å²) < 4.78 is 79.4. The highest BCUT2D eigenvalue weighted by Crippen LogP contribution is 2.50. The van der Waals surface area contributed by atoms with E-state index in [1.54, 1.807) is 6.08 Å². The van der Waals surface area contributed by atoms with Crippen LogP contribution in [0, 0.1) is 5.41 Å². The molecule has 1 unspecified atom stereocenters. The van der Waals surface area contributed by atoms with Gasteiger partial charge in [0, 0.05) is 30.7 Å². The Morgan fingerprint density at radius 3 is 2.15 bits per heavy atom. The molecule has 1 aromatic heterocycles. The lowest BCUT2D eigenvalue weighted by atomic mass is 9.66. The van der Waals surface area contributed by atoms with E-state index in [-0.39, 0.29) is 41.9 Å². The fraction of sp³-hybridized carbons (Fsp3) is 0.576. The van der Waals surface area contributed by atoms with Crippen LogP contribution in [0.2, 0.25) is 0 Å². The Hall–Kier alpha value is -3.56. The number of allylic oxidation sites excluding steroid dienone is 1. The van der Waals surface area contributed by atoms with Crippen molar-refractivity contribution < 1.29 is 49.8 Å². The highest BCUT2D eigenvalue weighted by atomic mass is 32.2. The topological polar surface area (TPSA) is 152 Å². The van der Waals surface area contributed by atoms with E-state index >= 15 is 0 Å². The van der Waals surface area contributed by atoms with E-state index in [0.717, 1.165) is 6.07 Å². The number of alkyl halides is 3. The van der Waals surface area contributed by atoms with Crippen LogP contribution in [0.4, 0.5) is 13.2 Å². The molecule has 1 atom stereocenters. The largest absolute Gasteiger partial charge is 0.423 e. The fourth-order valence-electron chi connectivity index (χ4n) is 6.17. The second kappa shape index (κ2) is 15.8. The maximum absolute atomic E-state index is 13.7. The Morgan fingerprint density at radius 1 is 1.02 bits per heavy atom. The third-order valence-electron chi connectivity index (χ3n) is 8.64. The van der Waals surface area contributed by atoms with Gasteiger partial charge in [0.15, 0.2) is 0 Å². The molecule has 1 N–H and O–H groups in total. The van der Waals surface area contributed by atoms with Gasteiger partial charge in [-0.25, -0.2) is 9.59 Å². The van der Waals surface area contributed by atoms with Gasteiger partial charge >= 0.3 is 17.8 Å². The minimum Gasteiger partial charge on any atom is -0.423 e. The van der Waals surface area contributed by atoms with Crippen molar-refractivity contribution in [1.29, 1.82) is 0 Å². The lowest BCUT2D eigenvalue weighted by Crippen LogP contribution is -2.31. The van der Waals surface area contributed by atoms with Crippen LogP contribution in [-0.2, 0) is 35.5 Å². The van der Waals surface area contributed by atoms with E-state index in [1.807, 2.05) is 13.8 Å². The summed E-state index contributed by atoms with van der Waals surface area (Å²) in [5, 5.41) is 0.0664. The number of unbranched alkanes of at least 4 members (excludes halogenated alkanes) is 2. The first-order valence-electron chi connectivity index (χ1n) is 16.0. The average molecular weight is 701 g/mol. The highest BCUT2D eigenvalue weighted by Gasteiger charge is 2.39.